The van der Waals surface area contributed by atoms with Crippen molar-refractivity contribution in [2.75, 3.05) is 13.7 Å². The molecule has 0 aliphatic heterocycles. The molecule has 0 N–H and O–H groups in total. The van der Waals surface area contributed by atoms with Crippen LogP contribution in [0.1, 0.15) is 10.4 Å². The number of hydrogen-bond acceptors (Lipinski definition) is 3. The summed E-state index contributed by atoms with van der Waals surface area (Å²) in [6.07, 6.45) is 0. The summed E-state index contributed by atoms with van der Waals surface area (Å²) in [7, 11) is 1.51. The van der Waals surface area contributed by atoms with E-state index in [2.05, 4.69) is 15.9 Å². The Morgan fingerprint density at radius 2 is 2.55 bits per heavy atom. The highest BCUT2D eigenvalue weighted by molar-refractivity contribution is 9.11. The number of ketones is 1. The summed E-state index contributed by atoms with van der Waals surface area (Å²) in [5, 5.41) is 1.81. The van der Waals surface area contributed by atoms with Crippen molar-refractivity contribution in [2.45, 2.75) is 0 Å². The van der Waals surface area contributed by atoms with E-state index in [9.17, 15) is 4.79 Å². The van der Waals surface area contributed by atoms with E-state index < -0.39 is 0 Å². The average Bonchev–Trinajstić information content (AvgIpc) is 2.36. The van der Waals surface area contributed by atoms with E-state index in [1.165, 1.54) is 18.4 Å². The van der Waals surface area contributed by atoms with Gasteiger partial charge in [-0.05, 0) is 22.0 Å². The first-order valence-corrected chi connectivity index (χ1v) is 4.67. The van der Waals surface area contributed by atoms with E-state index in [1.807, 2.05) is 5.38 Å². The second-order valence-corrected chi connectivity index (χ2v) is 4.29. The van der Waals surface area contributed by atoms with Gasteiger partial charge in [0.05, 0.1) is 3.79 Å². The molecule has 0 spiro atoms. The van der Waals surface area contributed by atoms with Gasteiger partial charge in [-0.25, -0.2) is 0 Å². The lowest BCUT2D eigenvalue weighted by Gasteiger charge is -1.92. The van der Waals surface area contributed by atoms with Crippen molar-refractivity contribution < 1.29 is 9.53 Å². The summed E-state index contributed by atoms with van der Waals surface area (Å²) in [6, 6.07) is 1.80. The van der Waals surface area contributed by atoms with Crippen LogP contribution in [0.25, 0.3) is 0 Å². The molecular formula is C7H7BrO2S. The first-order chi connectivity index (χ1) is 5.24. The minimum absolute atomic E-state index is 0.0226. The standard InChI is InChI=1S/C7H7BrO2S/c1-10-3-6(9)5-2-7(8)11-4-5/h2,4H,3H2,1H3. The maximum absolute atomic E-state index is 11.1. The van der Waals surface area contributed by atoms with E-state index >= 15 is 0 Å². The molecular weight excluding hydrogens is 228 g/mol. The Hall–Kier alpha value is -0.190. The molecule has 1 heterocycles. The maximum atomic E-state index is 11.1. The lowest BCUT2D eigenvalue weighted by atomic mass is 10.2. The molecule has 2 nitrogen and oxygen atoms in total. The molecule has 0 saturated heterocycles. The van der Waals surface area contributed by atoms with Gasteiger partial charge in [-0.2, -0.15) is 0 Å². The van der Waals surface area contributed by atoms with E-state index in [1.54, 1.807) is 6.07 Å². The predicted molar refractivity (Wildman–Crippen MR) is 48.2 cm³/mol. The number of ether oxygens (including phenoxy) is 1. The Bertz CT molecular complexity index is 257. The molecule has 11 heavy (non-hydrogen) atoms. The number of carbonyl (C=O) groups excluding carboxylic acids is 1. The van der Waals surface area contributed by atoms with Gasteiger partial charge in [0.15, 0.2) is 5.78 Å². The number of carbonyl (C=O) groups is 1. The molecule has 1 aromatic heterocycles. The molecule has 4 heteroatoms. The molecule has 1 aromatic rings. The first kappa shape index (κ1) is 8.90. The molecule has 0 aromatic carbocycles. The molecule has 0 fully saturated rings. The number of hydrogen-bond donors (Lipinski definition) is 0. The lowest BCUT2D eigenvalue weighted by molar-refractivity contribution is 0.0848. The van der Waals surface area contributed by atoms with Crippen molar-refractivity contribution >= 4 is 33.0 Å². The maximum Gasteiger partial charge on any atom is 0.189 e. The summed E-state index contributed by atoms with van der Waals surface area (Å²) in [4.78, 5) is 11.1. The van der Waals surface area contributed by atoms with E-state index in [0.717, 1.165) is 3.79 Å². The van der Waals surface area contributed by atoms with Gasteiger partial charge in [-0.1, -0.05) is 0 Å². The highest BCUT2D eigenvalue weighted by Crippen LogP contribution is 2.20. The van der Waals surface area contributed by atoms with Crippen LogP contribution >= 0.6 is 27.3 Å². The molecule has 0 radical (unpaired) electrons. The smallest absolute Gasteiger partial charge is 0.189 e. The third-order valence-electron chi connectivity index (χ3n) is 1.16. The van der Waals surface area contributed by atoms with Crippen LogP contribution in [-0.4, -0.2) is 19.5 Å². The molecule has 0 saturated carbocycles. The summed E-state index contributed by atoms with van der Waals surface area (Å²) in [5.74, 6) is 0.0226. The quantitative estimate of drug-likeness (QED) is 0.751. The zero-order valence-corrected chi connectivity index (χ0v) is 8.37. The molecule has 0 aliphatic carbocycles. The Kier molecular flexibility index (Phi) is 3.23. The van der Waals surface area contributed by atoms with Crippen molar-refractivity contribution in [3.05, 3.63) is 20.8 Å². The minimum Gasteiger partial charge on any atom is -0.377 e. The van der Waals surface area contributed by atoms with Gasteiger partial charge in [0.1, 0.15) is 6.61 Å². The molecule has 60 valence electrons. The number of rotatable bonds is 3. The van der Waals surface area contributed by atoms with E-state index in [4.69, 9.17) is 4.74 Å². The van der Waals surface area contributed by atoms with Gasteiger partial charge in [-0.15, -0.1) is 11.3 Å². The zero-order valence-electron chi connectivity index (χ0n) is 5.96. The van der Waals surface area contributed by atoms with Crippen LogP contribution in [0, 0.1) is 0 Å². The molecule has 0 bridgehead atoms. The van der Waals surface area contributed by atoms with Crippen molar-refractivity contribution in [1.29, 1.82) is 0 Å². The Labute approximate surface area is 77.3 Å². The Morgan fingerprint density at radius 3 is 3.00 bits per heavy atom. The zero-order chi connectivity index (χ0) is 8.27. The lowest BCUT2D eigenvalue weighted by Crippen LogP contribution is -2.04. The van der Waals surface area contributed by atoms with Gasteiger partial charge < -0.3 is 4.74 Å². The van der Waals surface area contributed by atoms with Crippen molar-refractivity contribution in [1.82, 2.24) is 0 Å². The monoisotopic (exact) mass is 234 g/mol. The van der Waals surface area contributed by atoms with Crippen LogP contribution in [-0.2, 0) is 4.74 Å². The fraction of sp³-hybridized carbons (Fsp3) is 0.286. The summed E-state index contributed by atoms with van der Waals surface area (Å²) in [5.41, 5.74) is 0.712. The van der Waals surface area contributed by atoms with Crippen LogP contribution in [0.2, 0.25) is 0 Å². The van der Waals surface area contributed by atoms with Crippen LogP contribution in [0.4, 0.5) is 0 Å². The van der Waals surface area contributed by atoms with Crippen LogP contribution < -0.4 is 0 Å². The van der Waals surface area contributed by atoms with Gasteiger partial charge in [0.25, 0.3) is 0 Å². The van der Waals surface area contributed by atoms with Crippen LogP contribution in [0.15, 0.2) is 15.2 Å². The fourth-order valence-corrected chi connectivity index (χ4v) is 1.83. The topological polar surface area (TPSA) is 26.3 Å². The molecule has 0 unspecified atom stereocenters. The van der Waals surface area contributed by atoms with Gasteiger partial charge in [-0.3, -0.25) is 4.79 Å². The van der Waals surface area contributed by atoms with Crippen molar-refractivity contribution in [3.8, 4) is 0 Å². The number of halogens is 1. The Morgan fingerprint density at radius 1 is 1.82 bits per heavy atom. The summed E-state index contributed by atoms with van der Waals surface area (Å²) >= 11 is 4.78. The Balaban J connectivity index is 2.69. The van der Waals surface area contributed by atoms with Gasteiger partial charge in [0.2, 0.25) is 0 Å². The predicted octanol–water partition coefficient (Wildman–Crippen LogP) is 2.34. The van der Waals surface area contributed by atoms with Crippen molar-refractivity contribution in [2.24, 2.45) is 0 Å². The average molecular weight is 235 g/mol. The number of thiophene rings is 1. The molecule has 1 rings (SSSR count). The largest absolute Gasteiger partial charge is 0.377 e. The highest BCUT2D eigenvalue weighted by Gasteiger charge is 2.06. The third kappa shape index (κ3) is 2.39. The molecule has 0 amide bonds. The second kappa shape index (κ2) is 3.99. The molecule has 0 aliphatic rings. The normalized spacial score (nSPS) is 10.0. The number of Topliss-reactive ketones (excluding diaryl/α,β-unsaturated/α-hetero) is 1. The minimum atomic E-state index is 0.0226. The highest BCUT2D eigenvalue weighted by atomic mass is 79.9. The third-order valence-corrected chi connectivity index (χ3v) is 2.67. The summed E-state index contributed by atoms with van der Waals surface area (Å²) < 4.78 is 5.68. The van der Waals surface area contributed by atoms with E-state index in [0.29, 0.717) is 5.56 Å². The second-order valence-electron chi connectivity index (χ2n) is 2.00. The molecule has 0 atom stereocenters. The van der Waals surface area contributed by atoms with Gasteiger partial charge >= 0.3 is 0 Å². The first-order valence-electron chi connectivity index (χ1n) is 3.00. The van der Waals surface area contributed by atoms with Crippen LogP contribution in [0.5, 0.6) is 0 Å². The van der Waals surface area contributed by atoms with E-state index in [-0.39, 0.29) is 12.4 Å². The summed E-state index contributed by atoms with van der Waals surface area (Å²) in [6.45, 7) is 0.156. The van der Waals surface area contributed by atoms with Crippen molar-refractivity contribution in [3.63, 3.8) is 0 Å². The SMILES string of the molecule is COCC(=O)c1csc(Br)c1. The number of methoxy groups -OCH3 is 1. The fourth-order valence-electron chi connectivity index (χ4n) is 0.671. The van der Waals surface area contributed by atoms with Gasteiger partial charge in [0, 0.05) is 18.1 Å². The van der Waals surface area contributed by atoms with Crippen LogP contribution in [0.3, 0.4) is 0 Å².